The van der Waals surface area contributed by atoms with E-state index < -0.39 is 12.1 Å². The van der Waals surface area contributed by atoms with Crippen LogP contribution >= 0.6 is 11.6 Å². The molecule has 7 heteroatoms. The van der Waals surface area contributed by atoms with Gasteiger partial charge in [-0.1, -0.05) is 41.9 Å². The van der Waals surface area contributed by atoms with Gasteiger partial charge in [-0.05, 0) is 56.3 Å². The summed E-state index contributed by atoms with van der Waals surface area (Å²) in [5, 5.41) is 3.37. The third kappa shape index (κ3) is 6.25. The Morgan fingerprint density at radius 1 is 0.969 bits per heavy atom. The minimum atomic E-state index is -0.824. The van der Waals surface area contributed by atoms with Crippen molar-refractivity contribution in [2.24, 2.45) is 0 Å². The minimum Gasteiger partial charge on any atom is -0.492 e. The normalized spacial score (nSPS) is 11.3. The Morgan fingerprint density at radius 2 is 1.66 bits per heavy atom. The van der Waals surface area contributed by atoms with E-state index in [2.05, 4.69) is 5.32 Å². The number of para-hydroxylation sites is 2. The Bertz CT molecular complexity index is 1070. The monoisotopic (exact) mass is 453 g/mol. The Hall–Kier alpha value is -3.51. The Kier molecular flexibility index (Phi) is 8.11. The van der Waals surface area contributed by atoms with E-state index in [1.54, 1.807) is 61.5 Å². The van der Waals surface area contributed by atoms with Crippen molar-refractivity contribution in [1.29, 1.82) is 0 Å². The molecule has 1 N–H and O–H groups in total. The van der Waals surface area contributed by atoms with Gasteiger partial charge >= 0.3 is 5.97 Å². The molecule has 3 rings (SSSR count). The number of esters is 1. The fourth-order valence-electron chi connectivity index (χ4n) is 2.86. The first-order valence-corrected chi connectivity index (χ1v) is 10.6. The summed E-state index contributed by atoms with van der Waals surface area (Å²) in [5.74, 6) is 0.251. The number of nitrogens with one attached hydrogen (secondary N) is 1. The lowest BCUT2D eigenvalue weighted by molar-refractivity contribution is -0.152. The summed E-state index contributed by atoms with van der Waals surface area (Å²) in [4.78, 5) is 24.8. The molecule has 1 atom stereocenters. The molecule has 6 nitrogen and oxygen atoms in total. The first-order chi connectivity index (χ1) is 15.5. The Morgan fingerprint density at radius 3 is 2.38 bits per heavy atom. The van der Waals surface area contributed by atoms with Crippen LogP contribution in [-0.4, -0.2) is 24.6 Å². The molecule has 1 amide bonds. The number of halogens is 1. The van der Waals surface area contributed by atoms with Crippen LogP contribution in [0.4, 0.5) is 5.69 Å². The topological polar surface area (TPSA) is 73.9 Å². The van der Waals surface area contributed by atoms with Gasteiger partial charge in [0.1, 0.15) is 18.1 Å². The zero-order valence-corrected chi connectivity index (χ0v) is 18.6. The number of hydrogen-bond donors (Lipinski definition) is 1. The maximum Gasteiger partial charge on any atom is 0.347 e. The molecule has 0 saturated heterocycles. The lowest BCUT2D eigenvalue weighted by Gasteiger charge is -2.15. The minimum absolute atomic E-state index is 0.0640. The van der Waals surface area contributed by atoms with Crippen molar-refractivity contribution in [3.63, 3.8) is 0 Å². The molecule has 0 spiro atoms. The molecule has 32 heavy (non-hydrogen) atoms. The lowest BCUT2D eigenvalue weighted by Crippen LogP contribution is -2.26. The highest BCUT2D eigenvalue weighted by Gasteiger charge is 2.17. The highest BCUT2D eigenvalue weighted by atomic mass is 35.5. The Balaban J connectivity index is 1.55. The van der Waals surface area contributed by atoms with Crippen LogP contribution in [0.5, 0.6) is 11.5 Å². The molecule has 3 aromatic carbocycles. The molecule has 166 valence electrons. The van der Waals surface area contributed by atoms with Gasteiger partial charge in [-0.2, -0.15) is 0 Å². The van der Waals surface area contributed by atoms with Crippen molar-refractivity contribution in [2.75, 3.05) is 11.9 Å². The average molecular weight is 454 g/mol. The van der Waals surface area contributed by atoms with Gasteiger partial charge in [0, 0.05) is 16.1 Å². The van der Waals surface area contributed by atoms with Crippen LogP contribution in [0.1, 0.15) is 29.8 Å². The number of amides is 1. The highest BCUT2D eigenvalue weighted by Crippen LogP contribution is 2.25. The van der Waals surface area contributed by atoms with Crippen molar-refractivity contribution >= 4 is 29.2 Å². The maximum absolute atomic E-state index is 12.6. The molecule has 0 bridgehead atoms. The zero-order chi connectivity index (χ0) is 22.9. The van der Waals surface area contributed by atoms with Gasteiger partial charge in [-0.15, -0.1) is 0 Å². The molecule has 0 radical (unpaired) electrons. The van der Waals surface area contributed by atoms with E-state index in [1.165, 1.54) is 0 Å². The third-order valence-corrected chi connectivity index (χ3v) is 4.89. The Labute approximate surface area is 192 Å². The van der Waals surface area contributed by atoms with E-state index in [4.69, 9.17) is 25.8 Å². The van der Waals surface area contributed by atoms with Gasteiger partial charge in [0.25, 0.3) is 5.91 Å². The number of carbonyl (C=O) groups excluding carboxylic acids is 2. The molecule has 0 heterocycles. The number of anilines is 1. The van der Waals surface area contributed by atoms with Crippen molar-refractivity contribution in [2.45, 2.75) is 26.6 Å². The molecule has 3 aromatic rings. The molecule has 0 aliphatic carbocycles. The fraction of sp³-hybridized carbons (Fsp3) is 0.200. The van der Waals surface area contributed by atoms with Crippen LogP contribution < -0.4 is 14.8 Å². The van der Waals surface area contributed by atoms with E-state index in [0.717, 1.165) is 5.56 Å². The smallest absolute Gasteiger partial charge is 0.347 e. The van der Waals surface area contributed by atoms with E-state index in [9.17, 15) is 9.59 Å². The SMILES string of the molecule is CCOc1ccccc1NC(=O)c1ccc(OC(C)C(=O)OCc2ccccc2Cl)cc1. The standard InChI is InChI=1S/C25H24ClNO5/c1-3-30-23-11-7-6-10-22(23)27-24(28)18-12-14-20(15-13-18)32-17(2)25(29)31-16-19-8-4-5-9-21(19)26/h4-15,17H,3,16H2,1-2H3,(H,27,28). The molecular weight excluding hydrogens is 430 g/mol. The average Bonchev–Trinajstić information content (AvgIpc) is 2.80. The van der Waals surface area contributed by atoms with Gasteiger partial charge in [0.05, 0.1) is 12.3 Å². The molecule has 0 aliphatic heterocycles. The number of hydrogen-bond acceptors (Lipinski definition) is 5. The molecule has 0 fully saturated rings. The second kappa shape index (κ2) is 11.2. The van der Waals surface area contributed by atoms with Gasteiger partial charge in [-0.25, -0.2) is 4.79 Å². The fourth-order valence-corrected chi connectivity index (χ4v) is 3.05. The largest absolute Gasteiger partial charge is 0.492 e. The van der Waals surface area contributed by atoms with E-state index in [0.29, 0.717) is 34.4 Å². The van der Waals surface area contributed by atoms with Crippen molar-refractivity contribution < 1.29 is 23.8 Å². The number of ether oxygens (including phenoxy) is 3. The summed E-state index contributed by atoms with van der Waals surface area (Å²) in [6, 6.07) is 20.9. The molecule has 0 aromatic heterocycles. The summed E-state index contributed by atoms with van der Waals surface area (Å²) in [6.07, 6.45) is -0.824. The van der Waals surface area contributed by atoms with Crippen molar-refractivity contribution in [3.8, 4) is 11.5 Å². The first-order valence-electron chi connectivity index (χ1n) is 10.2. The first kappa shape index (κ1) is 23.2. The summed E-state index contributed by atoms with van der Waals surface area (Å²) in [6.45, 7) is 4.04. The lowest BCUT2D eigenvalue weighted by atomic mass is 10.2. The van der Waals surface area contributed by atoms with Crippen LogP contribution in [0.25, 0.3) is 0 Å². The van der Waals surface area contributed by atoms with E-state index in [-0.39, 0.29) is 12.5 Å². The summed E-state index contributed by atoms with van der Waals surface area (Å²) >= 11 is 6.07. The second-order valence-electron chi connectivity index (χ2n) is 6.87. The summed E-state index contributed by atoms with van der Waals surface area (Å²) < 4.78 is 16.4. The van der Waals surface area contributed by atoms with Gasteiger partial charge < -0.3 is 19.5 Å². The third-order valence-electron chi connectivity index (χ3n) is 4.52. The van der Waals surface area contributed by atoms with Crippen LogP contribution in [0.2, 0.25) is 5.02 Å². The van der Waals surface area contributed by atoms with Crippen LogP contribution in [0.15, 0.2) is 72.8 Å². The second-order valence-corrected chi connectivity index (χ2v) is 7.27. The van der Waals surface area contributed by atoms with Gasteiger partial charge in [0.15, 0.2) is 6.10 Å². The van der Waals surface area contributed by atoms with E-state index in [1.807, 2.05) is 25.1 Å². The maximum atomic E-state index is 12.6. The summed E-state index contributed by atoms with van der Waals surface area (Å²) in [5.41, 5.74) is 1.75. The van der Waals surface area contributed by atoms with Gasteiger partial charge in [0.2, 0.25) is 0 Å². The molecule has 1 unspecified atom stereocenters. The predicted molar refractivity (Wildman–Crippen MR) is 123 cm³/mol. The van der Waals surface area contributed by atoms with Crippen LogP contribution in [-0.2, 0) is 16.1 Å². The van der Waals surface area contributed by atoms with Crippen LogP contribution in [0, 0.1) is 0 Å². The molecular formula is C25H24ClNO5. The highest BCUT2D eigenvalue weighted by molar-refractivity contribution is 6.31. The zero-order valence-electron chi connectivity index (χ0n) is 17.8. The van der Waals surface area contributed by atoms with Crippen molar-refractivity contribution in [3.05, 3.63) is 88.9 Å². The number of carbonyl (C=O) groups is 2. The van der Waals surface area contributed by atoms with E-state index >= 15 is 0 Å². The molecule has 0 saturated carbocycles. The quantitative estimate of drug-likeness (QED) is 0.433. The molecule has 0 aliphatic rings. The van der Waals surface area contributed by atoms with Gasteiger partial charge in [-0.3, -0.25) is 4.79 Å². The number of rotatable bonds is 9. The predicted octanol–water partition coefficient (Wildman–Crippen LogP) is 5.50. The summed E-state index contributed by atoms with van der Waals surface area (Å²) in [7, 11) is 0. The van der Waals surface area contributed by atoms with Crippen molar-refractivity contribution in [1.82, 2.24) is 0 Å². The van der Waals surface area contributed by atoms with Crippen LogP contribution in [0.3, 0.4) is 0 Å². The number of benzene rings is 3.